The molecular formula is C8H18N+. The third-order valence-electron chi connectivity index (χ3n) is 2.88. The van der Waals surface area contributed by atoms with Crippen molar-refractivity contribution in [3.8, 4) is 0 Å². The summed E-state index contributed by atoms with van der Waals surface area (Å²) in [6.45, 7) is 4.68. The lowest BCUT2D eigenvalue weighted by Gasteiger charge is -2.28. The molecule has 0 saturated heterocycles. The second kappa shape index (κ2) is 2.70. The molecule has 0 unspecified atom stereocenters. The fourth-order valence-electron chi connectivity index (χ4n) is 1.69. The maximum Gasteiger partial charge on any atom is 0.0871 e. The molecule has 0 aliphatic heterocycles. The molecule has 1 aliphatic carbocycles. The van der Waals surface area contributed by atoms with Gasteiger partial charge in [0.25, 0.3) is 0 Å². The molecule has 1 nitrogen and oxygen atoms in total. The molecule has 0 spiro atoms. The first-order chi connectivity index (χ1) is 4.22. The Kier molecular flexibility index (Phi) is 2.12. The SMILES string of the molecule is C[C@@H]1[C@@H](C)CCC[C@@H]1[NH3+]. The summed E-state index contributed by atoms with van der Waals surface area (Å²) in [7, 11) is 0. The van der Waals surface area contributed by atoms with E-state index in [2.05, 4.69) is 19.6 Å². The minimum atomic E-state index is 0.730. The lowest BCUT2D eigenvalue weighted by molar-refractivity contribution is -0.440. The highest BCUT2D eigenvalue weighted by molar-refractivity contribution is 4.74. The quantitative estimate of drug-likeness (QED) is 0.505. The van der Waals surface area contributed by atoms with E-state index in [0.29, 0.717) is 0 Å². The van der Waals surface area contributed by atoms with Gasteiger partial charge in [-0.1, -0.05) is 13.8 Å². The van der Waals surface area contributed by atoms with E-state index in [9.17, 15) is 0 Å². The predicted molar refractivity (Wildman–Crippen MR) is 38.9 cm³/mol. The lowest BCUT2D eigenvalue weighted by atomic mass is 9.78. The molecule has 1 saturated carbocycles. The fourth-order valence-corrected chi connectivity index (χ4v) is 1.69. The van der Waals surface area contributed by atoms with Crippen LogP contribution in [0.4, 0.5) is 0 Å². The predicted octanol–water partition coefficient (Wildman–Crippen LogP) is 1.05. The van der Waals surface area contributed by atoms with Crippen molar-refractivity contribution >= 4 is 0 Å². The average molecular weight is 128 g/mol. The monoisotopic (exact) mass is 128 g/mol. The van der Waals surface area contributed by atoms with Gasteiger partial charge in [0, 0.05) is 5.92 Å². The van der Waals surface area contributed by atoms with Crippen LogP contribution in [0.5, 0.6) is 0 Å². The molecule has 3 atom stereocenters. The Labute approximate surface area is 57.6 Å². The van der Waals surface area contributed by atoms with Gasteiger partial charge in [0.1, 0.15) is 0 Å². The highest BCUT2D eigenvalue weighted by Gasteiger charge is 2.26. The van der Waals surface area contributed by atoms with Gasteiger partial charge in [0.2, 0.25) is 0 Å². The van der Waals surface area contributed by atoms with Crippen LogP contribution < -0.4 is 5.73 Å². The van der Waals surface area contributed by atoms with Gasteiger partial charge in [-0.15, -0.1) is 0 Å². The minimum absolute atomic E-state index is 0.730. The summed E-state index contributed by atoms with van der Waals surface area (Å²) in [5.74, 6) is 1.78. The van der Waals surface area contributed by atoms with Crippen molar-refractivity contribution in [1.82, 2.24) is 0 Å². The van der Waals surface area contributed by atoms with Gasteiger partial charge >= 0.3 is 0 Å². The van der Waals surface area contributed by atoms with Crippen LogP contribution >= 0.6 is 0 Å². The van der Waals surface area contributed by atoms with Gasteiger partial charge < -0.3 is 5.73 Å². The van der Waals surface area contributed by atoms with E-state index in [-0.39, 0.29) is 0 Å². The zero-order valence-corrected chi connectivity index (χ0v) is 6.56. The van der Waals surface area contributed by atoms with Crippen molar-refractivity contribution in [1.29, 1.82) is 0 Å². The summed E-state index contributed by atoms with van der Waals surface area (Å²) in [5, 5.41) is 0. The van der Waals surface area contributed by atoms with Crippen LogP contribution in [0.1, 0.15) is 33.1 Å². The molecule has 0 heterocycles. The van der Waals surface area contributed by atoms with E-state index < -0.39 is 0 Å². The van der Waals surface area contributed by atoms with Crippen molar-refractivity contribution in [3.05, 3.63) is 0 Å². The van der Waals surface area contributed by atoms with E-state index in [4.69, 9.17) is 0 Å². The van der Waals surface area contributed by atoms with Crippen molar-refractivity contribution in [3.63, 3.8) is 0 Å². The molecule has 0 bridgehead atoms. The molecule has 54 valence electrons. The molecule has 1 aliphatic rings. The van der Waals surface area contributed by atoms with Crippen LogP contribution in [-0.2, 0) is 0 Å². The highest BCUT2D eigenvalue weighted by atomic mass is 14.7. The van der Waals surface area contributed by atoms with Crippen molar-refractivity contribution in [2.24, 2.45) is 11.8 Å². The third kappa shape index (κ3) is 1.45. The van der Waals surface area contributed by atoms with E-state index in [0.717, 1.165) is 17.9 Å². The maximum atomic E-state index is 4.13. The number of hydrogen-bond acceptors (Lipinski definition) is 0. The molecule has 1 heteroatoms. The average Bonchev–Trinajstić information content (AvgIpc) is 1.83. The molecule has 0 aromatic heterocycles. The zero-order valence-electron chi connectivity index (χ0n) is 6.56. The Morgan fingerprint density at radius 1 is 1.22 bits per heavy atom. The molecule has 9 heavy (non-hydrogen) atoms. The normalized spacial score (nSPS) is 45.0. The van der Waals surface area contributed by atoms with E-state index in [1.54, 1.807) is 0 Å². The molecule has 3 N–H and O–H groups in total. The smallest absolute Gasteiger partial charge is 0.0871 e. The Bertz CT molecular complexity index is 80.6. The zero-order chi connectivity index (χ0) is 6.85. The summed E-state index contributed by atoms with van der Waals surface area (Å²) < 4.78 is 0. The van der Waals surface area contributed by atoms with E-state index >= 15 is 0 Å². The Morgan fingerprint density at radius 3 is 2.33 bits per heavy atom. The summed E-state index contributed by atoms with van der Waals surface area (Å²) in [6.07, 6.45) is 4.18. The van der Waals surface area contributed by atoms with E-state index in [1.165, 1.54) is 19.3 Å². The lowest BCUT2D eigenvalue weighted by Crippen LogP contribution is -2.65. The second-order valence-corrected chi connectivity index (χ2v) is 3.53. The second-order valence-electron chi connectivity index (χ2n) is 3.53. The number of hydrogen-bond donors (Lipinski definition) is 1. The maximum absolute atomic E-state index is 4.13. The van der Waals surface area contributed by atoms with Crippen LogP contribution in [0.3, 0.4) is 0 Å². The van der Waals surface area contributed by atoms with Crippen LogP contribution in [0, 0.1) is 11.8 Å². The van der Waals surface area contributed by atoms with Crippen molar-refractivity contribution < 1.29 is 5.73 Å². The molecule has 1 rings (SSSR count). The van der Waals surface area contributed by atoms with Crippen LogP contribution in [0.25, 0.3) is 0 Å². The van der Waals surface area contributed by atoms with Gasteiger partial charge in [-0.25, -0.2) is 0 Å². The summed E-state index contributed by atoms with van der Waals surface area (Å²) in [6, 6.07) is 0.730. The molecule has 0 amide bonds. The van der Waals surface area contributed by atoms with Crippen LogP contribution in [0.2, 0.25) is 0 Å². The van der Waals surface area contributed by atoms with Gasteiger partial charge in [-0.05, 0) is 25.2 Å². The van der Waals surface area contributed by atoms with Gasteiger partial charge in [-0.3, -0.25) is 0 Å². The summed E-state index contributed by atoms with van der Waals surface area (Å²) in [4.78, 5) is 0. The Balaban J connectivity index is 2.41. The molecule has 0 radical (unpaired) electrons. The number of rotatable bonds is 0. The van der Waals surface area contributed by atoms with Crippen molar-refractivity contribution in [2.45, 2.75) is 39.2 Å². The number of quaternary nitrogens is 1. The van der Waals surface area contributed by atoms with Crippen LogP contribution in [-0.4, -0.2) is 6.04 Å². The molecular weight excluding hydrogens is 110 g/mol. The first-order valence-electron chi connectivity index (χ1n) is 4.05. The Morgan fingerprint density at radius 2 is 1.89 bits per heavy atom. The fraction of sp³-hybridized carbons (Fsp3) is 1.00. The molecule has 0 aromatic carbocycles. The molecule has 0 aromatic rings. The van der Waals surface area contributed by atoms with Gasteiger partial charge in [-0.2, -0.15) is 0 Å². The molecule has 1 fully saturated rings. The third-order valence-corrected chi connectivity index (χ3v) is 2.88. The summed E-state index contributed by atoms with van der Waals surface area (Å²) in [5.41, 5.74) is 4.13. The largest absolute Gasteiger partial charge is 0.355 e. The van der Waals surface area contributed by atoms with Gasteiger partial charge in [0.05, 0.1) is 6.04 Å². The highest BCUT2D eigenvalue weighted by Crippen LogP contribution is 2.26. The first-order valence-corrected chi connectivity index (χ1v) is 4.05. The Hall–Kier alpha value is -0.0400. The minimum Gasteiger partial charge on any atom is -0.355 e. The summed E-state index contributed by atoms with van der Waals surface area (Å²) >= 11 is 0. The first kappa shape index (κ1) is 7.07. The standard InChI is InChI=1S/C8H17N/c1-6-4-3-5-8(9)7(6)2/h6-8H,3-5,9H2,1-2H3/p+1/t6-,7+,8-/m0/s1. The topological polar surface area (TPSA) is 27.6 Å². The van der Waals surface area contributed by atoms with E-state index in [1.807, 2.05) is 0 Å². The van der Waals surface area contributed by atoms with Crippen LogP contribution in [0.15, 0.2) is 0 Å². The van der Waals surface area contributed by atoms with Gasteiger partial charge in [0.15, 0.2) is 0 Å². The van der Waals surface area contributed by atoms with Crippen molar-refractivity contribution in [2.75, 3.05) is 0 Å².